The molecule has 10 heteroatoms. The van der Waals surface area contributed by atoms with Gasteiger partial charge in [-0.15, -0.1) is 0 Å². The molecule has 1 saturated heterocycles. The topological polar surface area (TPSA) is 101 Å². The van der Waals surface area contributed by atoms with E-state index >= 15 is 0 Å². The molecule has 1 atom stereocenters. The number of sulfone groups is 1. The Hall–Kier alpha value is -1.62. The molecular formula is C16H22N2O6S2. The van der Waals surface area contributed by atoms with E-state index < -0.39 is 25.9 Å². The Labute approximate surface area is 153 Å². The van der Waals surface area contributed by atoms with E-state index in [0.717, 1.165) is 4.31 Å². The highest BCUT2D eigenvalue weighted by Gasteiger charge is 2.35. The molecule has 0 aromatic carbocycles. The molecule has 0 spiro atoms. The van der Waals surface area contributed by atoms with Gasteiger partial charge in [-0.2, -0.15) is 0 Å². The SMILES string of the molecule is Cc1ccc(C2CS(=O)(=O)CCN2Cc2ccc(S(=O)(=O)N(C)C)o2)o1. The van der Waals surface area contributed by atoms with Gasteiger partial charge >= 0.3 is 0 Å². The second kappa shape index (κ2) is 6.84. The molecule has 0 bridgehead atoms. The van der Waals surface area contributed by atoms with Crippen molar-refractivity contribution >= 4 is 19.9 Å². The Bertz CT molecular complexity index is 988. The van der Waals surface area contributed by atoms with Crippen molar-refractivity contribution in [2.45, 2.75) is 24.6 Å². The number of hydrogen-bond acceptors (Lipinski definition) is 7. The lowest BCUT2D eigenvalue weighted by atomic mass is 10.2. The average Bonchev–Trinajstić information content (AvgIpc) is 3.18. The number of rotatable bonds is 5. The van der Waals surface area contributed by atoms with Gasteiger partial charge in [0.05, 0.1) is 24.1 Å². The first-order chi connectivity index (χ1) is 12.1. The van der Waals surface area contributed by atoms with Crippen LogP contribution in [0.3, 0.4) is 0 Å². The second-order valence-corrected chi connectivity index (χ2v) is 10.9. The molecule has 0 radical (unpaired) electrons. The van der Waals surface area contributed by atoms with Gasteiger partial charge in [0.1, 0.15) is 17.3 Å². The van der Waals surface area contributed by atoms with Crippen molar-refractivity contribution in [1.29, 1.82) is 0 Å². The fraction of sp³-hybridized carbons (Fsp3) is 0.500. The minimum atomic E-state index is -3.64. The molecule has 1 aliphatic rings. The predicted molar refractivity (Wildman–Crippen MR) is 94.8 cm³/mol. The van der Waals surface area contributed by atoms with Crippen LogP contribution in [0.2, 0.25) is 0 Å². The van der Waals surface area contributed by atoms with Gasteiger partial charge in [-0.05, 0) is 31.2 Å². The maximum atomic E-state index is 12.1. The van der Waals surface area contributed by atoms with Gasteiger partial charge in [0.15, 0.2) is 9.84 Å². The summed E-state index contributed by atoms with van der Waals surface area (Å²) in [5.41, 5.74) is 0. The molecular weight excluding hydrogens is 380 g/mol. The van der Waals surface area contributed by atoms with Crippen LogP contribution in [0.5, 0.6) is 0 Å². The summed E-state index contributed by atoms with van der Waals surface area (Å²) < 4.78 is 60.6. The summed E-state index contributed by atoms with van der Waals surface area (Å²) in [4.78, 5) is 1.93. The maximum absolute atomic E-state index is 12.1. The highest BCUT2D eigenvalue weighted by Crippen LogP contribution is 2.30. The van der Waals surface area contributed by atoms with Crippen molar-refractivity contribution in [3.05, 3.63) is 41.5 Å². The Morgan fingerprint density at radius 2 is 1.92 bits per heavy atom. The van der Waals surface area contributed by atoms with E-state index in [9.17, 15) is 16.8 Å². The molecule has 2 aromatic heterocycles. The monoisotopic (exact) mass is 402 g/mol. The van der Waals surface area contributed by atoms with E-state index in [2.05, 4.69) is 0 Å². The summed E-state index contributed by atoms with van der Waals surface area (Å²) in [6.07, 6.45) is 0. The van der Waals surface area contributed by atoms with Crippen LogP contribution in [-0.4, -0.2) is 58.2 Å². The standard InChI is InChI=1S/C16H22N2O6S2/c1-12-4-6-15(23-12)14-11-25(19,20)9-8-18(14)10-13-5-7-16(24-13)26(21,22)17(2)3/h4-7,14H,8-11H2,1-3H3. The summed E-state index contributed by atoms with van der Waals surface area (Å²) in [6, 6.07) is 6.16. The smallest absolute Gasteiger partial charge is 0.275 e. The van der Waals surface area contributed by atoms with Crippen LogP contribution >= 0.6 is 0 Å². The van der Waals surface area contributed by atoms with Crippen LogP contribution in [-0.2, 0) is 26.4 Å². The first-order valence-corrected chi connectivity index (χ1v) is 11.4. The van der Waals surface area contributed by atoms with Gasteiger partial charge in [-0.3, -0.25) is 4.90 Å². The molecule has 0 amide bonds. The first-order valence-electron chi connectivity index (χ1n) is 8.10. The Morgan fingerprint density at radius 3 is 2.54 bits per heavy atom. The fourth-order valence-electron chi connectivity index (χ4n) is 2.89. The zero-order chi connectivity index (χ0) is 19.1. The number of hydrogen-bond donors (Lipinski definition) is 0. The average molecular weight is 402 g/mol. The van der Waals surface area contributed by atoms with Gasteiger partial charge in [0.2, 0.25) is 5.09 Å². The third-order valence-corrected chi connectivity index (χ3v) is 7.68. The molecule has 1 fully saturated rings. The third kappa shape index (κ3) is 3.88. The molecule has 1 unspecified atom stereocenters. The fourth-order valence-corrected chi connectivity index (χ4v) is 5.23. The molecule has 26 heavy (non-hydrogen) atoms. The summed E-state index contributed by atoms with van der Waals surface area (Å²) in [7, 11) is -3.94. The van der Waals surface area contributed by atoms with Crippen molar-refractivity contribution in [3.8, 4) is 0 Å². The van der Waals surface area contributed by atoms with Gasteiger partial charge in [-0.1, -0.05) is 0 Å². The van der Waals surface area contributed by atoms with E-state index in [1.165, 1.54) is 20.2 Å². The maximum Gasteiger partial charge on any atom is 0.275 e. The van der Waals surface area contributed by atoms with Gasteiger partial charge < -0.3 is 8.83 Å². The number of aryl methyl sites for hydroxylation is 1. The number of nitrogens with zero attached hydrogens (tertiary/aromatic N) is 2. The molecule has 0 N–H and O–H groups in total. The minimum Gasteiger partial charge on any atom is -0.465 e. The van der Waals surface area contributed by atoms with E-state index in [-0.39, 0.29) is 16.6 Å². The van der Waals surface area contributed by atoms with Crippen LogP contribution in [0.1, 0.15) is 23.3 Å². The quantitative estimate of drug-likeness (QED) is 0.745. The largest absolute Gasteiger partial charge is 0.465 e. The Balaban J connectivity index is 1.85. The summed E-state index contributed by atoms with van der Waals surface area (Å²) in [5.74, 6) is 1.76. The van der Waals surface area contributed by atoms with Crippen LogP contribution in [0, 0.1) is 6.92 Å². The van der Waals surface area contributed by atoms with Crippen molar-refractivity contribution in [1.82, 2.24) is 9.21 Å². The molecule has 3 rings (SSSR count). The predicted octanol–water partition coefficient (Wildman–Crippen LogP) is 1.40. The van der Waals surface area contributed by atoms with Crippen LogP contribution in [0.25, 0.3) is 0 Å². The molecule has 144 valence electrons. The lowest BCUT2D eigenvalue weighted by Crippen LogP contribution is -2.42. The molecule has 2 aromatic rings. The molecule has 1 aliphatic heterocycles. The normalized spacial score (nSPS) is 21.3. The van der Waals surface area contributed by atoms with E-state index in [0.29, 0.717) is 30.4 Å². The van der Waals surface area contributed by atoms with Crippen LogP contribution in [0.15, 0.2) is 38.2 Å². The number of furan rings is 2. The Morgan fingerprint density at radius 1 is 1.19 bits per heavy atom. The zero-order valence-corrected chi connectivity index (χ0v) is 16.5. The van der Waals surface area contributed by atoms with Crippen molar-refractivity contribution in [2.24, 2.45) is 0 Å². The molecule has 0 aliphatic carbocycles. The summed E-state index contributed by atoms with van der Waals surface area (Å²) >= 11 is 0. The summed E-state index contributed by atoms with van der Waals surface area (Å²) in [6.45, 7) is 2.42. The molecule has 0 saturated carbocycles. The Kier molecular flexibility index (Phi) is 5.04. The lowest BCUT2D eigenvalue weighted by Gasteiger charge is -2.33. The van der Waals surface area contributed by atoms with Gasteiger partial charge in [-0.25, -0.2) is 21.1 Å². The summed E-state index contributed by atoms with van der Waals surface area (Å²) in [5, 5.41) is -0.132. The second-order valence-electron chi connectivity index (χ2n) is 6.56. The van der Waals surface area contributed by atoms with Crippen LogP contribution < -0.4 is 0 Å². The van der Waals surface area contributed by atoms with Crippen LogP contribution in [0.4, 0.5) is 0 Å². The molecule has 3 heterocycles. The zero-order valence-electron chi connectivity index (χ0n) is 14.9. The third-order valence-electron chi connectivity index (χ3n) is 4.36. The number of sulfonamides is 1. The van der Waals surface area contributed by atoms with Gasteiger partial charge in [0, 0.05) is 20.6 Å². The van der Waals surface area contributed by atoms with Gasteiger partial charge in [0.25, 0.3) is 10.0 Å². The molecule has 8 nitrogen and oxygen atoms in total. The van der Waals surface area contributed by atoms with Crippen molar-refractivity contribution < 1.29 is 25.7 Å². The van der Waals surface area contributed by atoms with E-state index in [1.807, 2.05) is 4.90 Å². The van der Waals surface area contributed by atoms with Crippen molar-refractivity contribution in [2.75, 3.05) is 32.1 Å². The minimum absolute atomic E-state index is 0.0382. The van der Waals surface area contributed by atoms with E-state index in [4.69, 9.17) is 8.83 Å². The van der Waals surface area contributed by atoms with E-state index in [1.54, 1.807) is 25.1 Å². The first kappa shape index (κ1) is 19.2. The lowest BCUT2D eigenvalue weighted by molar-refractivity contribution is 0.166. The van der Waals surface area contributed by atoms with Crippen molar-refractivity contribution in [3.63, 3.8) is 0 Å². The highest BCUT2D eigenvalue weighted by atomic mass is 32.2. The highest BCUT2D eigenvalue weighted by molar-refractivity contribution is 7.91.